The van der Waals surface area contributed by atoms with Gasteiger partial charge in [-0.25, -0.2) is 8.78 Å². The number of halogens is 2. The second-order valence-electron chi connectivity index (χ2n) is 8.36. The molecular formula is C22H27F2NO2. The molecule has 0 spiro atoms. The maximum Gasteiger partial charge on any atom is 0.226 e. The van der Waals surface area contributed by atoms with Crippen molar-refractivity contribution in [1.29, 1.82) is 0 Å². The molecule has 1 heterocycles. The molecule has 1 aliphatic heterocycles. The normalized spacial score (nSPS) is 31.5. The Hall–Kier alpha value is -1.78. The number of amides is 1. The van der Waals surface area contributed by atoms with E-state index in [0.717, 1.165) is 51.0 Å². The van der Waals surface area contributed by atoms with Gasteiger partial charge in [-0.1, -0.05) is 31.4 Å². The third kappa shape index (κ3) is 3.65. The van der Waals surface area contributed by atoms with Gasteiger partial charge in [0.1, 0.15) is 5.78 Å². The van der Waals surface area contributed by atoms with Crippen LogP contribution in [-0.4, -0.2) is 29.2 Å². The number of ketones is 1. The van der Waals surface area contributed by atoms with Crippen LogP contribution in [0.25, 0.3) is 0 Å². The fraction of sp³-hybridized carbons (Fsp3) is 0.636. The molecule has 4 unspecified atom stereocenters. The van der Waals surface area contributed by atoms with Crippen LogP contribution in [-0.2, 0) is 9.59 Å². The van der Waals surface area contributed by atoms with E-state index in [1.807, 2.05) is 4.90 Å². The van der Waals surface area contributed by atoms with Crippen molar-refractivity contribution in [3.63, 3.8) is 0 Å². The average molecular weight is 375 g/mol. The van der Waals surface area contributed by atoms with Gasteiger partial charge >= 0.3 is 0 Å². The van der Waals surface area contributed by atoms with Crippen LogP contribution in [0.3, 0.4) is 0 Å². The lowest BCUT2D eigenvalue weighted by atomic mass is 9.80. The van der Waals surface area contributed by atoms with Gasteiger partial charge in [-0.15, -0.1) is 0 Å². The fourth-order valence-corrected chi connectivity index (χ4v) is 5.07. The highest BCUT2D eigenvalue weighted by atomic mass is 19.2. The number of carbonyl (C=O) groups is 2. The maximum atomic E-state index is 14.1. The van der Waals surface area contributed by atoms with Crippen LogP contribution in [0.1, 0.15) is 69.3 Å². The molecule has 2 saturated carbocycles. The van der Waals surface area contributed by atoms with Gasteiger partial charge in [-0.05, 0) is 49.7 Å². The zero-order valence-electron chi connectivity index (χ0n) is 15.6. The van der Waals surface area contributed by atoms with Gasteiger partial charge in [-0.2, -0.15) is 0 Å². The molecule has 5 heteroatoms. The number of rotatable bonds is 3. The highest BCUT2D eigenvalue weighted by molar-refractivity contribution is 5.86. The molecule has 4 atom stereocenters. The van der Waals surface area contributed by atoms with Crippen LogP contribution < -0.4 is 0 Å². The molecule has 1 aromatic carbocycles. The van der Waals surface area contributed by atoms with Gasteiger partial charge in [0.25, 0.3) is 0 Å². The first-order valence-corrected chi connectivity index (χ1v) is 10.3. The SMILES string of the molecule is O=C1CCCCC1C1CCCCCN1C(=O)C1CC1c1cccc(F)c1F. The lowest BCUT2D eigenvalue weighted by Crippen LogP contribution is -2.48. The number of Topliss-reactive ketones (excluding diaryl/α,β-unsaturated/α-hetero) is 1. The van der Waals surface area contributed by atoms with Crippen LogP contribution in [0.2, 0.25) is 0 Å². The smallest absolute Gasteiger partial charge is 0.226 e. The number of carbonyl (C=O) groups excluding carboxylic acids is 2. The topological polar surface area (TPSA) is 37.4 Å². The van der Waals surface area contributed by atoms with Gasteiger partial charge < -0.3 is 4.90 Å². The number of nitrogens with zero attached hydrogens (tertiary/aromatic N) is 1. The summed E-state index contributed by atoms with van der Waals surface area (Å²) in [6, 6.07) is 4.19. The molecule has 1 aromatic rings. The lowest BCUT2D eigenvalue weighted by molar-refractivity contribution is -0.139. The van der Waals surface area contributed by atoms with Gasteiger partial charge in [-0.3, -0.25) is 9.59 Å². The van der Waals surface area contributed by atoms with Crippen molar-refractivity contribution < 1.29 is 18.4 Å². The zero-order chi connectivity index (χ0) is 19.0. The Morgan fingerprint density at radius 3 is 2.63 bits per heavy atom. The molecule has 3 fully saturated rings. The highest BCUT2D eigenvalue weighted by Crippen LogP contribution is 2.50. The molecule has 3 nitrogen and oxygen atoms in total. The lowest BCUT2D eigenvalue weighted by Gasteiger charge is -2.37. The summed E-state index contributed by atoms with van der Waals surface area (Å²) < 4.78 is 27.7. The molecule has 0 bridgehead atoms. The molecule has 0 aromatic heterocycles. The molecule has 3 aliphatic rings. The van der Waals surface area contributed by atoms with E-state index in [2.05, 4.69) is 0 Å². The van der Waals surface area contributed by atoms with E-state index in [9.17, 15) is 18.4 Å². The van der Waals surface area contributed by atoms with Gasteiger partial charge in [0.2, 0.25) is 5.91 Å². The van der Waals surface area contributed by atoms with Gasteiger partial charge in [0.15, 0.2) is 11.6 Å². The Kier molecular flexibility index (Phi) is 5.29. The standard InChI is InChI=1S/C22H27F2NO2/c23-18-9-6-8-14(21(18)24)16-13-17(16)22(27)25-12-5-1-2-10-19(25)15-7-3-4-11-20(15)26/h6,8-9,15-17,19H,1-5,7,10-13H2. The van der Waals surface area contributed by atoms with Crippen molar-refractivity contribution >= 4 is 11.7 Å². The van der Waals surface area contributed by atoms with Crippen molar-refractivity contribution in [2.45, 2.75) is 69.7 Å². The number of likely N-dealkylation sites (tertiary alicyclic amines) is 1. The molecule has 4 rings (SSSR count). The Morgan fingerprint density at radius 1 is 1.00 bits per heavy atom. The van der Waals surface area contributed by atoms with E-state index < -0.39 is 11.6 Å². The fourth-order valence-electron chi connectivity index (χ4n) is 5.07. The van der Waals surface area contributed by atoms with Crippen LogP contribution >= 0.6 is 0 Å². The van der Waals surface area contributed by atoms with E-state index in [0.29, 0.717) is 30.7 Å². The summed E-state index contributed by atoms with van der Waals surface area (Å²) in [5.41, 5.74) is 0.313. The summed E-state index contributed by atoms with van der Waals surface area (Å²) in [5, 5.41) is 0. The molecule has 1 amide bonds. The predicted molar refractivity (Wildman–Crippen MR) is 98.1 cm³/mol. The Labute approximate surface area is 159 Å². The molecule has 0 radical (unpaired) electrons. The summed E-state index contributed by atoms with van der Waals surface area (Å²) in [7, 11) is 0. The van der Waals surface area contributed by atoms with Crippen molar-refractivity contribution in [3.05, 3.63) is 35.4 Å². The van der Waals surface area contributed by atoms with E-state index >= 15 is 0 Å². The number of hydrogen-bond acceptors (Lipinski definition) is 2. The van der Waals surface area contributed by atoms with Crippen LogP contribution in [0.4, 0.5) is 8.78 Å². The maximum absolute atomic E-state index is 14.1. The zero-order valence-corrected chi connectivity index (χ0v) is 15.6. The summed E-state index contributed by atoms with van der Waals surface area (Å²) in [6.07, 6.45) is 8.04. The van der Waals surface area contributed by atoms with E-state index in [-0.39, 0.29) is 29.7 Å². The third-order valence-corrected chi connectivity index (χ3v) is 6.64. The molecule has 27 heavy (non-hydrogen) atoms. The first kappa shape index (κ1) is 18.6. The average Bonchev–Trinajstić information content (AvgIpc) is 3.47. The second-order valence-corrected chi connectivity index (χ2v) is 8.36. The van der Waals surface area contributed by atoms with Crippen LogP contribution in [0.5, 0.6) is 0 Å². The highest BCUT2D eigenvalue weighted by Gasteiger charge is 2.49. The number of benzene rings is 1. The van der Waals surface area contributed by atoms with Crippen molar-refractivity contribution in [1.82, 2.24) is 4.90 Å². The Bertz CT molecular complexity index is 735. The minimum absolute atomic E-state index is 0.00796. The monoisotopic (exact) mass is 375 g/mol. The summed E-state index contributed by atoms with van der Waals surface area (Å²) in [4.78, 5) is 27.7. The van der Waals surface area contributed by atoms with E-state index in [1.54, 1.807) is 6.07 Å². The molecule has 0 N–H and O–H groups in total. The van der Waals surface area contributed by atoms with Crippen molar-refractivity contribution in [3.8, 4) is 0 Å². The first-order chi connectivity index (χ1) is 13.1. The first-order valence-electron chi connectivity index (χ1n) is 10.3. The second kappa shape index (κ2) is 7.69. The minimum Gasteiger partial charge on any atom is -0.339 e. The third-order valence-electron chi connectivity index (χ3n) is 6.64. The Balaban J connectivity index is 1.52. The van der Waals surface area contributed by atoms with Crippen molar-refractivity contribution in [2.75, 3.05) is 6.54 Å². The van der Waals surface area contributed by atoms with E-state index in [1.165, 1.54) is 6.07 Å². The minimum atomic E-state index is -0.856. The van der Waals surface area contributed by atoms with Gasteiger partial charge in [0, 0.05) is 30.8 Å². The summed E-state index contributed by atoms with van der Waals surface area (Å²) in [5.74, 6) is -1.90. The van der Waals surface area contributed by atoms with Gasteiger partial charge in [0.05, 0.1) is 0 Å². The van der Waals surface area contributed by atoms with Crippen LogP contribution in [0.15, 0.2) is 18.2 Å². The van der Waals surface area contributed by atoms with Crippen LogP contribution in [0, 0.1) is 23.5 Å². The molecule has 2 aliphatic carbocycles. The Morgan fingerprint density at radius 2 is 1.81 bits per heavy atom. The van der Waals surface area contributed by atoms with Crippen molar-refractivity contribution in [2.24, 2.45) is 11.8 Å². The number of hydrogen-bond donors (Lipinski definition) is 0. The largest absolute Gasteiger partial charge is 0.339 e. The predicted octanol–water partition coefficient (Wildman–Crippen LogP) is 4.60. The quantitative estimate of drug-likeness (QED) is 0.774. The summed E-state index contributed by atoms with van der Waals surface area (Å²) >= 11 is 0. The molecule has 1 saturated heterocycles. The summed E-state index contributed by atoms with van der Waals surface area (Å²) in [6.45, 7) is 0.683. The van der Waals surface area contributed by atoms with E-state index in [4.69, 9.17) is 0 Å². The molecular weight excluding hydrogens is 348 g/mol. The molecule has 146 valence electrons.